The lowest BCUT2D eigenvalue weighted by molar-refractivity contribution is 0.148. The second-order valence-corrected chi connectivity index (χ2v) is 8.61. The Hall–Kier alpha value is -3.70. The van der Waals surface area contributed by atoms with E-state index in [1.165, 1.54) is 6.07 Å². The Kier molecular flexibility index (Phi) is 6.27. The summed E-state index contributed by atoms with van der Waals surface area (Å²) in [4.78, 5) is 19.4. The molecule has 1 aliphatic rings. The highest BCUT2D eigenvalue weighted by Crippen LogP contribution is 2.33. The number of nitrogens with one attached hydrogen (secondary N) is 2. The standard InChI is InChI=1S/C24H24F3N7O/c1-14-9-16-20(26)18(10-17(25)22(16)31-14)35-24-21(27)23(29-13-30-24)32-19-4-3-15(11-28-19)12-34-7-5-33(2)6-8-34/h3-4,9-11,13,31H,5-8,12H2,1-2H3,(H,28,29,30,32). The van der Waals surface area contributed by atoms with Gasteiger partial charge in [-0.1, -0.05) is 6.07 Å². The van der Waals surface area contributed by atoms with Crippen molar-refractivity contribution < 1.29 is 17.9 Å². The number of hydrogen-bond donors (Lipinski definition) is 2. The molecule has 2 N–H and O–H groups in total. The monoisotopic (exact) mass is 483 g/mol. The second-order valence-electron chi connectivity index (χ2n) is 8.61. The maximum atomic E-state index is 15.0. The van der Waals surface area contributed by atoms with Crippen LogP contribution in [0.3, 0.4) is 0 Å². The zero-order valence-electron chi connectivity index (χ0n) is 19.3. The van der Waals surface area contributed by atoms with Crippen LogP contribution < -0.4 is 10.1 Å². The number of likely N-dealkylation sites (N-methyl/N-ethyl adjacent to an activating group) is 1. The summed E-state index contributed by atoms with van der Waals surface area (Å²) in [7, 11) is 2.11. The molecule has 0 spiro atoms. The Morgan fingerprint density at radius 3 is 2.57 bits per heavy atom. The SMILES string of the molecule is Cc1cc2c(F)c(Oc3ncnc(Nc4ccc(CN5CCN(C)CC5)cn4)c3F)cc(F)c2[nH]1. The molecule has 5 rings (SSSR count). The first kappa shape index (κ1) is 23.1. The molecule has 0 unspecified atom stereocenters. The number of halogens is 3. The van der Waals surface area contributed by atoms with Crippen LogP contribution in [-0.2, 0) is 6.54 Å². The van der Waals surface area contributed by atoms with Crippen molar-refractivity contribution in [3.63, 3.8) is 0 Å². The summed E-state index contributed by atoms with van der Waals surface area (Å²) in [5.41, 5.74) is 1.64. The normalized spacial score (nSPS) is 15.0. The van der Waals surface area contributed by atoms with E-state index in [1.807, 2.05) is 6.07 Å². The van der Waals surface area contributed by atoms with Crippen molar-refractivity contribution in [3.8, 4) is 11.6 Å². The number of hydrogen-bond acceptors (Lipinski definition) is 7. The first-order valence-electron chi connectivity index (χ1n) is 11.2. The summed E-state index contributed by atoms with van der Waals surface area (Å²) >= 11 is 0. The Bertz CT molecular complexity index is 1350. The van der Waals surface area contributed by atoms with Crippen LogP contribution in [0.25, 0.3) is 10.9 Å². The van der Waals surface area contributed by atoms with Gasteiger partial charge in [-0.25, -0.2) is 18.7 Å². The van der Waals surface area contributed by atoms with Gasteiger partial charge < -0.3 is 19.9 Å². The molecule has 1 fully saturated rings. The summed E-state index contributed by atoms with van der Waals surface area (Å²) in [6.45, 7) is 6.50. The lowest BCUT2D eigenvalue weighted by Crippen LogP contribution is -2.43. The van der Waals surface area contributed by atoms with E-state index < -0.39 is 29.1 Å². The fourth-order valence-electron chi connectivity index (χ4n) is 4.00. The molecule has 1 aromatic carbocycles. The van der Waals surface area contributed by atoms with Gasteiger partial charge >= 0.3 is 0 Å². The van der Waals surface area contributed by atoms with Crippen LogP contribution in [0.1, 0.15) is 11.3 Å². The number of H-pyrrole nitrogens is 1. The van der Waals surface area contributed by atoms with E-state index in [2.05, 4.69) is 42.1 Å². The van der Waals surface area contributed by atoms with Crippen LogP contribution in [0.5, 0.6) is 11.6 Å². The number of aromatic amines is 1. The van der Waals surface area contributed by atoms with Crippen molar-refractivity contribution in [2.75, 3.05) is 38.5 Å². The van der Waals surface area contributed by atoms with Crippen molar-refractivity contribution >= 4 is 22.5 Å². The molecule has 8 nitrogen and oxygen atoms in total. The lowest BCUT2D eigenvalue weighted by Gasteiger charge is -2.32. The van der Waals surface area contributed by atoms with E-state index in [4.69, 9.17) is 4.74 Å². The highest BCUT2D eigenvalue weighted by Gasteiger charge is 2.20. The molecule has 182 valence electrons. The molecule has 1 saturated heterocycles. The van der Waals surface area contributed by atoms with Crippen molar-refractivity contribution in [2.24, 2.45) is 0 Å². The van der Waals surface area contributed by atoms with Crippen molar-refractivity contribution in [1.29, 1.82) is 0 Å². The van der Waals surface area contributed by atoms with Gasteiger partial charge in [0.2, 0.25) is 5.82 Å². The molecule has 11 heteroatoms. The molecule has 3 aromatic heterocycles. The van der Waals surface area contributed by atoms with Crippen molar-refractivity contribution in [3.05, 3.63) is 65.5 Å². The molecular weight excluding hydrogens is 459 g/mol. The predicted octanol–water partition coefficient (Wildman–Crippen LogP) is 4.36. The zero-order chi connectivity index (χ0) is 24.5. The van der Waals surface area contributed by atoms with Crippen molar-refractivity contribution in [1.82, 2.24) is 29.7 Å². The number of benzene rings is 1. The first-order valence-corrected chi connectivity index (χ1v) is 11.2. The molecule has 35 heavy (non-hydrogen) atoms. The van der Waals surface area contributed by atoms with Crippen LogP contribution >= 0.6 is 0 Å². The zero-order valence-corrected chi connectivity index (χ0v) is 19.3. The number of anilines is 2. The number of rotatable bonds is 6. The van der Waals surface area contributed by atoms with E-state index >= 15 is 4.39 Å². The Labute approximate surface area is 199 Å². The van der Waals surface area contributed by atoms with E-state index in [9.17, 15) is 8.78 Å². The summed E-state index contributed by atoms with van der Waals surface area (Å²) in [6.07, 6.45) is 2.79. The first-order chi connectivity index (χ1) is 16.9. The molecule has 4 aromatic rings. The molecule has 0 amide bonds. The van der Waals surface area contributed by atoms with Gasteiger partial charge in [-0.2, -0.15) is 9.37 Å². The van der Waals surface area contributed by atoms with Gasteiger partial charge in [-0.3, -0.25) is 4.90 Å². The second kappa shape index (κ2) is 9.51. The number of ether oxygens (including phenoxy) is 1. The topological polar surface area (TPSA) is 82.2 Å². The van der Waals surface area contributed by atoms with Crippen LogP contribution in [-0.4, -0.2) is 63.0 Å². The quantitative estimate of drug-likeness (QED) is 0.422. The molecule has 0 bridgehead atoms. The average Bonchev–Trinajstić information content (AvgIpc) is 3.25. The van der Waals surface area contributed by atoms with E-state index in [1.54, 1.807) is 19.2 Å². The number of aryl methyl sites for hydroxylation is 1. The van der Waals surface area contributed by atoms with Crippen LogP contribution in [0.4, 0.5) is 24.8 Å². The summed E-state index contributed by atoms with van der Waals surface area (Å²) < 4.78 is 49.6. The third kappa shape index (κ3) is 4.91. The van der Waals surface area contributed by atoms with E-state index in [0.29, 0.717) is 11.5 Å². The van der Waals surface area contributed by atoms with Crippen LogP contribution in [0, 0.1) is 24.4 Å². The van der Waals surface area contributed by atoms with Crippen LogP contribution in [0.15, 0.2) is 36.8 Å². The third-order valence-electron chi connectivity index (χ3n) is 5.94. The van der Waals surface area contributed by atoms with Gasteiger partial charge in [0.05, 0.1) is 5.52 Å². The summed E-state index contributed by atoms with van der Waals surface area (Å²) in [5.74, 6) is -3.36. The minimum atomic E-state index is -0.957. The highest BCUT2D eigenvalue weighted by atomic mass is 19.1. The molecule has 0 saturated carbocycles. The van der Waals surface area contributed by atoms with Gasteiger partial charge in [0.25, 0.3) is 5.88 Å². The largest absolute Gasteiger partial charge is 0.433 e. The average molecular weight is 483 g/mol. The highest BCUT2D eigenvalue weighted by molar-refractivity contribution is 5.83. The molecule has 0 atom stereocenters. The Morgan fingerprint density at radius 1 is 1.03 bits per heavy atom. The number of fused-ring (bicyclic) bond motifs is 1. The van der Waals surface area contributed by atoms with Crippen molar-refractivity contribution in [2.45, 2.75) is 13.5 Å². The number of nitrogens with zero attached hydrogens (tertiary/aromatic N) is 5. The fraction of sp³-hybridized carbons (Fsp3) is 0.292. The van der Waals surface area contributed by atoms with Gasteiger partial charge in [-0.15, -0.1) is 0 Å². The minimum absolute atomic E-state index is 0.00572. The molecule has 4 heterocycles. The maximum Gasteiger partial charge on any atom is 0.261 e. The number of aromatic nitrogens is 4. The molecule has 1 aliphatic heterocycles. The summed E-state index contributed by atoms with van der Waals surface area (Å²) in [5, 5.41) is 2.79. The Balaban J connectivity index is 1.31. The van der Waals surface area contributed by atoms with Gasteiger partial charge in [0.1, 0.15) is 12.1 Å². The van der Waals surface area contributed by atoms with E-state index in [0.717, 1.165) is 50.7 Å². The molecule has 0 aliphatic carbocycles. The third-order valence-corrected chi connectivity index (χ3v) is 5.94. The molecular formula is C24H24F3N7O. The number of piperazine rings is 1. The van der Waals surface area contributed by atoms with E-state index in [-0.39, 0.29) is 16.7 Å². The smallest absolute Gasteiger partial charge is 0.261 e. The minimum Gasteiger partial charge on any atom is -0.433 e. The fourth-order valence-corrected chi connectivity index (χ4v) is 4.00. The number of pyridine rings is 1. The lowest BCUT2D eigenvalue weighted by atomic mass is 10.2. The van der Waals surface area contributed by atoms with Gasteiger partial charge in [0, 0.05) is 56.1 Å². The summed E-state index contributed by atoms with van der Waals surface area (Å²) in [6, 6.07) is 5.94. The predicted molar refractivity (Wildman–Crippen MR) is 125 cm³/mol. The van der Waals surface area contributed by atoms with Gasteiger partial charge in [0.15, 0.2) is 23.2 Å². The molecule has 0 radical (unpaired) electrons. The Morgan fingerprint density at radius 2 is 1.83 bits per heavy atom. The maximum absolute atomic E-state index is 15.0. The van der Waals surface area contributed by atoms with Crippen LogP contribution in [0.2, 0.25) is 0 Å². The van der Waals surface area contributed by atoms with Gasteiger partial charge in [-0.05, 0) is 31.7 Å².